The van der Waals surface area contributed by atoms with E-state index in [9.17, 15) is 0 Å². The van der Waals surface area contributed by atoms with Crippen LogP contribution in [0.15, 0.2) is 18.7 Å². The number of rotatable bonds is 4. The highest BCUT2D eigenvalue weighted by Gasteiger charge is 2.33. The van der Waals surface area contributed by atoms with Crippen molar-refractivity contribution in [1.29, 1.82) is 0 Å². The zero-order chi connectivity index (χ0) is 13.0. The Labute approximate surface area is 108 Å². The zero-order valence-corrected chi connectivity index (χ0v) is 11.3. The number of nitrogens with zero attached hydrogens (tertiary/aromatic N) is 3. The largest absolute Gasteiger partial charge is 0.382 e. The minimum Gasteiger partial charge on any atom is -0.382 e. The van der Waals surface area contributed by atoms with Crippen LogP contribution in [-0.4, -0.2) is 53.4 Å². The molecule has 5 nitrogen and oxygen atoms in total. The molecule has 2 heterocycles. The number of hydrogen-bond acceptors (Lipinski definition) is 5. The predicted molar refractivity (Wildman–Crippen MR) is 68.1 cm³/mol. The molecule has 1 aliphatic rings. The topological polar surface area (TPSA) is 47.5 Å². The van der Waals surface area contributed by atoms with E-state index < -0.39 is 0 Å². The number of aromatic nitrogens is 2. The molecule has 0 aromatic carbocycles. The molecule has 1 saturated heterocycles. The Kier molecular flexibility index (Phi) is 4.27. The normalized spacial score (nSPS) is 24.1. The predicted octanol–water partition coefficient (Wildman–Crippen LogP) is 1.10. The molecule has 1 aromatic heterocycles. The van der Waals surface area contributed by atoms with Crippen LogP contribution in [0, 0.1) is 0 Å². The first-order valence-corrected chi connectivity index (χ1v) is 6.22. The van der Waals surface area contributed by atoms with E-state index in [0.717, 1.165) is 25.2 Å². The third kappa shape index (κ3) is 3.73. The molecule has 0 radical (unpaired) electrons. The SMILES string of the molecule is COC[C@@H]1CN(Cc2cncnc2)CC(C)(C)O1. The van der Waals surface area contributed by atoms with E-state index in [2.05, 4.69) is 28.7 Å². The minimum atomic E-state index is -0.142. The van der Waals surface area contributed by atoms with Gasteiger partial charge in [0, 0.05) is 44.7 Å². The highest BCUT2D eigenvalue weighted by molar-refractivity contribution is 5.03. The molecule has 0 saturated carbocycles. The summed E-state index contributed by atoms with van der Waals surface area (Å²) in [6.45, 7) is 7.50. The van der Waals surface area contributed by atoms with Gasteiger partial charge in [-0.25, -0.2) is 9.97 Å². The Morgan fingerprint density at radius 3 is 2.83 bits per heavy atom. The Bertz CT molecular complexity index is 370. The van der Waals surface area contributed by atoms with Gasteiger partial charge in [-0.15, -0.1) is 0 Å². The Morgan fingerprint density at radius 1 is 1.44 bits per heavy atom. The van der Waals surface area contributed by atoms with Gasteiger partial charge < -0.3 is 9.47 Å². The van der Waals surface area contributed by atoms with Crippen LogP contribution < -0.4 is 0 Å². The number of methoxy groups -OCH3 is 1. The van der Waals surface area contributed by atoms with E-state index in [0.29, 0.717) is 6.61 Å². The number of hydrogen-bond donors (Lipinski definition) is 0. The second kappa shape index (κ2) is 5.73. The molecule has 2 rings (SSSR count). The van der Waals surface area contributed by atoms with E-state index in [1.165, 1.54) is 0 Å². The molecule has 0 N–H and O–H groups in total. The van der Waals surface area contributed by atoms with Crippen molar-refractivity contribution in [3.05, 3.63) is 24.3 Å². The van der Waals surface area contributed by atoms with Gasteiger partial charge in [-0.2, -0.15) is 0 Å². The lowest BCUT2D eigenvalue weighted by molar-refractivity contribution is -0.154. The smallest absolute Gasteiger partial charge is 0.115 e. The molecule has 0 spiro atoms. The second-order valence-electron chi connectivity index (χ2n) is 5.37. The molecule has 0 aliphatic carbocycles. The van der Waals surface area contributed by atoms with Gasteiger partial charge in [0.05, 0.1) is 18.3 Å². The maximum absolute atomic E-state index is 5.98. The Hall–Kier alpha value is -1.04. The lowest BCUT2D eigenvalue weighted by Gasteiger charge is -2.42. The lowest BCUT2D eigenvalue weighted by Crippen LogP contribution is -2.53. The summed E-state index contributed by atoms with van der Waals surface area (Å²) in [5, 5.41) is 0. The first-order valence-electron chi connectivity index (χ1n) is 6.22. The quantitative estimate of drug-likeness (QED) is 0.802. The van der Waals surface area contributed by atoms with Gasteiger partial charge in [0.1, 0.15) is 6.33 Å². The fourth-order valence-electron chi connectivity index (χ4n) is 2.48. The maximum atomic E-state index is 5.98. The van der Waals surface area contributed by atoms with E-state index in [1.807, 2.05) is 12.4 Å². The minimum absolute atomic E-state index is 0.128. The van der Waals surface area contributed by atoms with Crippen LogP contribution in [0.5, 0.6) is 0 Å². The summed E-state index contributed by atoms with van der Waals surface area (Å²) in [5.74, 6) is 0. The Morgan fingerprint density at radius 2 is 2.17 bits per heavy atom. The molecular formula is C13H21N3O2. The van der Waals surface area contributed by atoms with E-state index in [1.54, 1.807) is 13.4 Å². The van der Waals surface area contributed by atoms with Crippen LogP contribution in [0.2, 0.25) is 0 Å². The molecule has 5 heteroatoms. The van der Waals surface area contributed by atoms with Gasteiger partial charge in [0.2, 0.25) is 0 Å². The first-order chi connectivity index (χ1) is 8.59. The van der Waals surface area contributed by atoms with E-state index in [-0.39, 0.29) is 11.7 Å². The van der Waals surface area contributed by atoms with Crippen LogP contribution in [0.4, 0.5) is 0 Å². The molecule has 18 heavy (non-hydrogen) atoms. The van der Waals surface area contributed by atoms with E-state index >= 15 is 0 Å². The van der Waals surface area contributed by atoms with Crippen molar-refractivity contribution in [2.24, 2.45) is 0 Å². The average Bonchev–Trinajstić information content (AvgIpc) is 2.28. The van der Waals surface area contributed by atoms with Gasteiger partial charge in [0.25, 0.3) is 0 Å². The van der Waals surface area contributed by atoms with E-state index in [4.69, 9.17) is 9.47 Å². The average molecular weight is 251 g/mol. The summed E-state index contributed by atoms with van der Waals surface area (Å²) < 4.78 is 11.2. The Balaban J connectivity index is 1.99. The van der Waals surface area contributed by atoms with Crippen LogP contribution >= 0.6 is 0 Å². The van der Waals surface area contributed by atoms with Gasteiger partial charge in [0.15, 0.2) is 0 Å². The summed E-state index contributed by atoms with van der Waals surface area (Å²) in [6, 6.07) is 0. The number of ether oxygens (including phenoxy) is 2. The molecule has 0 bridgehead atoms. The molecular weight excluding hydrogens is 230 g/mol. The van der Waals surface area contributed by atoms with Gasteiger partial charge in [-0.3, -0.25) is 4.90 Å². The van der Waals surface area contributed by atoms with Crippen molar-refractivity contribution in [3.63, 3.8) is 0 Å². The monoisotopic (exact) mass is 251 g/mol. The van der Waals surface area contributed by atoms with Crippen molar-refractivity contribution in [2.45, 2.75) is 32.1 Å². The van der Waals surface area contributed by atoms with Crippen molar-refractivity contribution in [1.82, 2.24) is 14.9 Å². The maximum Gasteiger partial charge on any atom is 0.115 e. The third-order valence-electron chi connectivity index (χ3n) is 2.92. The van der Waals surface area contributed by atoms with Crippen LogP contribution in [-0.2, 0) is 16.0 Å². The number of morpholine rings is 1. The lowest BCUT2D eigenvalue weighted by atomic mass is 10.0. The van der Waals surface area contributed by atoms with Crippen LogP contribution in [0.25, 0.3) is 0 Å². The van der Waals surface area contributed by atoms with Gasteiger partial charge >= 0.3 is 0 Å². The molecule has 0 amide bonds. The molecule has 1 aromatic rings. The van der Waals surface area contributed by atoms with Crippen molar-refractivity contribution in [3.8, 4) is 0 Å². The summed E-state index contributed by atoms with van der Waals surface area (Å²) in [4.78, 5) is 10.5. The molecule has 1 aliphatic heterocycles. The molecule has 0 unspecified atom stereocenters. The fourth-order valence-corrected chi connectivity index (χ4v) is 2.48. The fraction of sp³-hybridized carbons (Fsp3) is 0.692. The highest BCUT2D eigenvalue weighted by Crippen LogP contribution is 2.22. The van der Waals surface area contributed by atoms with Crippen molar-refractivity contribution in [2.75, 3.05) is 26.8 Å². The van der Waals surface area contributed by atoms with Crippen molar-refractivity contribution < 1.29 is 9.47 Å². The van der Waals surface area contributed by atoms with Crippen LogP contribution in [0.3, 0.4) is 0 Å². The second-order valence-corrected chi connectivity index (χ2v) is 5.37. The summed E-state index contributed by atoms with van der Waals surface area (Å²) in [7, 11) is 1.71. The molecule has 100 valence electrons. The van der Waals surface area contributed by atoms with Gasteiger partial charge in [-0.1, -0.05) is 0 Å². The summed E-state index contributed by atoms with van der Waals surface area (Å²) in [5.41, 5.74) is 0.989. The van der Waals surface area contributed by atoms with Gasteiger partial charge in [-0.05, 0) is 13.8 Å². The first kappa shape index (κ1) is 13.4. The van der Waals surface area contributed by atoms with Crippen LogP contribution in [0.1, 0.15) is 19.4 Å². The standard InChI is InChI=1S/C13H21N3O2/c1-13(2)9-16(7-12(18-13)8-17-3)6-11-4-14-10-15-5-11/h4-5,10,12H,6-9H2,1-3H3/t12-/m0/s1. The zero-order valence-electron chi connectivity index (χ0n) is 11.3. The van der Waals surface area contributed by atoms with Crippen molar-refractivity contribution >= 4 is 0 Å². The molecule has 1 fully saturated rings. The summed E-state index contributed by atoms with van der Waals surface area (Å²) >= 11 is 0. The highest BCUT2D eigenvalue weighted by atomic mass is 16.5. The third-order valence-corrected chi connectivity index (χ3v) is 2.92. The summed E-state index contributed by atoms with van der Waals surface area (Å²) in [6.07, 6.45) is 5.41. The molecule has 1 atom stereocenters.